The summed E-state index contributed by atoms with van der Waals surface area (Å²) in [5.74, 6) is -0.125. The van der Waals surface area contributed by atoms with E-state index in [0.717, 1.165) is 16.6 Å². The van der Waals surface area contributed by atoms with Crippen molar-refractivity contribution in [3.8, 4) is 17.2 Å². The molecule has 0 aliphatic carbocycles. The van der Waals surface area contributed by atoms with Gasteiger partial charge in [0.25, 0.3) is 0 Å². The number of hydrogen-bond donors (Lipinski definition) is 0. The summed E-state index contributed by atoms with van der Waals surface area (Å²) in [6.07, 6.45) is 1.76. The second kappa shape index (κ2) is 7.03. The van der Waals surface area contributed by atoms with Gasteiger partial charge in [0.2, 0.25) is 5.78 Å². The first-order valence-corrected chi connectivity index (χ1v) is 9.36. The average molecular weight is 436 g/mol. The van der Waals surface area contributed by atoms with Gasteiger partial charge in [-0.25, -0.2) is 0 Å². The number of aromatic nitrogens is 1. The largest absolute Gasteiger partial charge is 0.312 e. The maximum atomic E-state index is 13.2. The van der Waals surface area contributed by atoms with Gasteiger partial charge in [0, 0.05) is 22.3 Å². The maximum Gasteiger partial charge on any atom is 0.210 e. The Morgan fingerprint density at radius 3 is 2.41 bits per heavy atom. The average Bonchev–Trinajstić information content (AvgIpc) is 2.99. The number of carbonyl (C=O) groups excluding carboxylic acids is 1. The molecule has 0 atom stereocenters. The lowest BCUT2D eigenvalue weighted by atomic mass is 10.0. The van der Waals surface area contributed by atoms with Crippen molar-refractivity contribution in [2.24, 2.45) is 0 Å². The molecule has 0 unspecified atom stereocenters. The highest BCUT2D eigenvalue weighted by atomic mass is 79.9. The van der Waals surface area contributed by atoms with Crippen LogP contribution in [-0.2, 0) is 0 Å². The van der Waals surface area contributed by atoms with E-state index in [1.165, 1.54) is 0 Å². The topological polar surface area (TPSA) is 45.3 Å². The van der Waals surface area contributed by atoms with Gasteiger partial charge in [0.15, 0.2) is 0 Å². The van der Waals surface area contributed by atoms with Gasteiger partial charge in [-0.1, -0.05) is 41.9 Å². The fourth-order valence-corrected chi connectivity index (χ4v) is 4.05. The minimum Gasteiger partial charge on any atom is -0.312 e. The van der Waals surface area contributed by atoms with Gasteiger partial charge >= 0.3 is 0 Å². The van der Waals surface area contributed by atoms with E-state index in [9.17, 15) is 10.1 Å². The van der Waals surface area contributed by atoms with E-state index in [4.69, 9.17) is 11.6 Å². The van der Waals surface area contributed by atoms with Gasteiger partial charge in [0.1, 0.15) is 5.69 Å². The summed E-state index contributed by atoms with van der Waals surface area (Å²) in [4.78, 5) is 13.2. The van der Waals surface area contributed by atoms with Gasteiger partial charge in [-0.3, -0.25) is 4.79 Å². The quantitative estimate of drug-likeness (QED) is 0.364. The molecule has 0 aliphatic rings. The molecule has 130 valence electrons. The Balaban J connectivity index is 2.01. The highest BCUT2D eigenvalue weighted by Crippen LogP contribution is 2.38. The molecule has 5 heteroatoms. The number of hydrogen-bond acceptors (Lipinski definition) is 2. The third-order valence-corrected chi connectivity index (χ3v) is 5.42. The van der Waals surface area contributed by atoms with E-state index < -0.39 is 0 Å². The first-order valence-electron chi connectivity index (χ1n) is 8.19. The van der Waals surface area contributed by atoms with E-state index in [2.05, 4.69) is 22.0 Å². The molecule has 0 spiro atoms. The van der Waals surface area contributed by atoms with Crippen LogP contribution in [0, 0.1) is 11.3 Å². The van der Waals surface area contributed by atoms with Crippen LogP contribution in [0.25, 0.3) is 16.6 Å². The van der Waals surface area contributed by atoms with E-state index in [1.54, 1.807) is 42.6 Å². The van der Waals surface area contributed by atoms with Crippen molar-refractivity contribution in [3.63, 3.8) is 0 Å². The fourth-order valence-electron chi connectivity index (χ4n) is 3.12. The fraction of sp³-hybridized carbons (Fsp3) is 0. The van der Waals surface area contributed by atoms with Crippen molar-refractivity contribution in [3.05, 3.63) is 99.2 Å². The van der Waals surface area contributed by atoms with E-state index >= 15 is 0 Å². The van der Waals surface area contributed by atoms with Crippen LogP contribution in [0.4, 0.5) is 0 Å². The van der Waals surface area contributed by atoms with Crippen molar-refractivity contribution in [2.45, 2.75) is 0 Å². The first kappa shape index (κ1) is 17.5. The van der Waals surface area contributed by atoms with E-state index in [1.807, 2.05) is 34.7 Å². The first-order chi connectivity index (χ1) is 13.1. The van der Waals surface area contributed by atoms with Crippen LogP contribution in [0.2, 0.25) is 5.02 Å². The number of fused-ring (bicyclic) bond motifs is 1. The Morgan fingerprint density at radius 1 is 1.04 bits per heavy atom. The molecule has 0 amide bonds. The van der Waals surface area contributed by atoms with E-state index in [-0.39, 0.29) is 5.78 Å². The SMILES string of the molecule is N#Cc1ccn2c(C(=O)c3ccc(Cl)cc3)c(Br)c(-c3ccccc3)c2c1. The zero-order valence-electron chi connectivity index (χ0n) is 14.0. The normalized spacial score (nSPS) is 10.7. The number of carbonyl (C=O) groups is 1. The summed E-state index contributed by atoms with van der Waals surface area (Å²) in [5.41, 5.74) is 4.23. The maximum absolute atomic E-state index is 13.2. The molecule has 4 aromatic rings. The second-order valence-electron chi connectivity index (χ2n) is 6.02. The van der Waals surface area contributed by atoms with Crippen LogP contribution in [0.1, 0.15) is 21.6 Å². The molecular weight excluding hydrogens is 424 g/mol. The van der Waals surface area contributed by atoms with Crippen LogP contribution in [0.15, 0.2) is 77.4 Å². The molecule has 4 rings (SSSR count). The van der Waals surface area contributed by atoms with Gasteiger partial charge < -0.3 is 4.40 Å². The highest BCUT2D eigenvalue weighted by Gasteiger charge is 2.24. The number of rotatable bonds is 3. The monoisotopic (exact) mass is 434 g/mol. The van der Waals surface area contributed by atoms with Crippen molar-refractivity contribution in [1.82, 2.24) is 4.40 Å². The Morgan fingerprint density at radius 2 is 1.74 bits per heavy atom. The summed E-state index contributed by atoms with van der Waals surface area (Å²) in [7, 11) is 0. The number of nitrogens with zero attached hydrogens (tertiary/aromatic N) is 2. The van der Waals surface area contributed by atoms with Crippen LogP contribution in [0.3, 0.4) is 0 Å². The van der Waals surface area contributed by atoms with Crippen molar-refractivity contribution < 1.29 is 4.79 Å². The lowest BCUT2D eigenvalue weighted by Crippen LogP contribution is -2.06. The molecular formula is C22H12BrClN2O. The smallest absolute Gasteiger partial charge is 0.210 e. The Bertz CT molecular complexity index is 1210. The Labute approximate surface area is 169 Å². The lowest BCUT2D eigenvalue weighted by Gasteiger charge is -2.04. The van der Waals surface area contributed by atoms with Crippen LogP contribution in [0.5, 0.6) is 0 Å². The van der Waals surface area contributed by atoms with E-state index in [0.29, 0.717) is 26.3 Å². The third-order valence-electron chi connectivity index (χ3n) is 4.39. The summed E-state index contributed by atoms with van der Waals surface area (Å²) in [6, 6.07) is 22.3. The Kier molecular flexibility index (Phi) is 4.57. The van der Waals surface area contributed by atoms with Crippen LogP contribution in [-0.4, -0.2) is 10.2 Å². The molecule has 27 heavy (non-hydrogen) atoms. The number of ketones is 1. The lowest BCUT2D eigenvalue weighted by molar-refractivity contribution is 0.103. The zero-order chi connectivity index (χ0) is 19.0. The number of nitriles is 1. The van der Waals surface area contributed by atoms with Gasteiger partial charge in [-0.05, 0) is 57.9 Å². The van der Waals surface area contributed by atoms with Gasteiger partial charge in [-0.15, -0.1) is 0 Å². The minimum atomic E-state index is -0.125. The molecule has 0 fully saturated rings. The predicted octanol–water partition coefficient (Wildman–Crippen LogP) is 6.12. The summed E-state index contributed by atoms with van der Waals surface area (Å²) >= 11 is 9.59. The van der Waals surface area contributed by atoms with Crippen molar-refractivity contribution in [2.75, 3.05) is 0 Å². The Hall–Kier alpha value is -2.87. The molecule has 0 N–H and O–H groups in total. The number of benzene rings is 2. The van der Waals surface area contributed by atoms with Crippen LogP contribution < -0.4 is 0 Å². The van der Waals surface area contributed by atoms with Gasteiger partial charge in [-0.2, -0.15) is 5.26 Å². The second-order valence-corrected chi connectivity index (χ2v) is 7.25. The zero-order valence-corrected chi connectivity index (χ0v) is 16.3. The molecule has 2 heterocycles. The number of pyridine rings is 1. The molecule has 0 saturated carbocycles. The summed E-state index contributed by atoms with van der Waals surface area (Å²) in [5, 5.41) is 9.88. The van der Waals surface area contributed by atoms with Crippen molar-refractivity contribution >= 4 is 38.8 Å². The summed E-state index contributed by atoms with van der Waals surface area (Å²) in [6.45, 7) is 0. The standard InChI is InChI=1S/C22H12BrClN2O/c23-20-19(15-4-2-1-3-5-15)18-12-14(13-25)10-11-26(18)21(20)22(27)16-6-8-17(24)9-7-16/h1-12H. The van der Waals surface area contributed by atoms with Crippen molar-refractivity contribution in [1.29, 1.82) is 5.26 Å². The molecule has 2 aromatic heterocycles. The third kappa shape index (κ3) is 3.06. The van der Waals surface area contributed by atoms with Crippen LogP contribution >= 0.6 is 27.5 Å². The molecule has 0 saturated heterocycles. The summed E-state index contributed by atoms with van der Waals surface area (Å²) < 4.78 is 2.52. The molecule has 3 nitrogen and oxygen atoms in total. The molecule has 0 bridgehead atoms. The number of halogens is 2. The molecule has 0 radical (unpaired) electrons. The molecule has 2 aromatic carbocycles. The van der Waals surface area contributed by atoms with Gasteiger partial charge in [0.05, 0.1) is 21.6 Å². The highest BCUT2D eigenvalue weighted by molar-refractivity contribution is 9.10. The minimum absolute atomic E-state index is 0.125. The molecule has 0 aliphatic heterocycles. The predicted molar refractivity (Wildman–Crippen MR) is 110 cm³/mol.